The molecule has 0 bridgehead atoms. The second-order valence-corrected chi connectivity index (χ2v) is 5.16. The van der Waals surface area contributed by atoms with Crippen molar-refractivity contribution < 1.29 is 13.9 Å². The number of nitrogens with one attached hydrogen (secondary N) is 1. The minimum atomic E-state index is -0.453. The van der Waals surface area contributed by atoms with Gasteiger partial charge in [0.2, 0.25) is 0 Å². The van der Waals surface area contributed by atoms with Gasteiger partial charge in [-0.15, -0.1) is 0 Å². The summed E-state index contributed by atoms with van der Waals surface area (Å²) in [7, 11) is 0. The van der Waals surface area contributed by atoms with Crippen molar-refractivity contribution in [3.8, 4) is 0 Å². The number of benzene rings is 1. The monoisotopic (exact) mass is 249 g/mol. The molecule has 1 heterocycles. The number of hydrogen-bond donors (Lipinski definition) is 1. The quantitative estimate of drug-likeness (QED) is 0.871. The Kier molecular flexibility index (Phi) is 2.82. The number of carbonyl (C=O) groups excluding carboxylic acids is 1. The molecule has 4 heteroatoms. The molecule has 0 aromatic heterocycles. The van der Waals surface area contributed by atoms with E-state index in [0.717, 1.165) is 25.0 Å². The lowest BCUT2D eigenvalue weighted by Crippen LogP contribution is -2.53. The molecular formula is C14H16FNO2. The summed E-state index contributed by atoms with van der Waals surface area (Å²) in [5.41, 5.74) is 0.944. The SMILES string of the molecule is Cc1ccc(C(=O)N[C@H]2C[C@@H]3OCC[C@H]23)c(F)c1. The van der Waals surface area contributed by atoms with Crippen LogP contribution in [0.5, 0.6) is 0 Å². The van der Waals surface area contributed by atoms with Crippen LogP contribution in [-0.4, -0.2) is 24.7 Å². The van der Waals surface area contributed by atoms with Crippen LogP contribution in [-0.2, 0) is 4.74 Å². The Bertz CT molecular complexity index is 489. The summed E-state index contributed by atoms with van der Waals surface area (Å²) in [6.07, 6.45) is 2.15. The molecule has 1 aromatic carbocycles. The smallest absolute Gasteiger partial charge is 0.254 e. The van der Waals surface area contributed by atoms with Gasteiger partial charge in [-0.1, -0.05) is 6.07 Å². The zero-order valence-corrected chi connectivity index (χ0v) is 10.3. The number of hydrogen-bond acceptors (Lipinski definition) is 2. The highest BCUT2D eigenvalue weighted by atomic mass is 19.1. The maximum Gasteiger partial charge on any atom is 0.254 e. The number of fused-ring (bicyclic) bond motifs is 1. The zero-order chi connectivity index (χ0) is 12.7. The highest BCUT2D eigenvalue weighted by Gasteiger charge is 2.45. The standard InChI is InChI=1S/C14H16FNO2/c1-8-2-3-9(11(15)6-8)14(17)16-12-7-13-10(12)4-5-18-13/h2-3,6,10,12-13H,4-5,7H2,1H3,(H,16,17)/t10-,12+,13+/m1/s1. The van der Waals surface area contributed by atoms with Crippen LogP contribution in [0.25, 0.3) is 0 Å². The Hall–Kier alpha value is -1.42. The van der Waals surface area contributed by atoms with Crippen molar-refractivity contribution in [1.82, 2.24) is 5.32 Å². The van der Waals surface area contributed by atoms with E-state index in [0.29, 0.717) is 12.0 Å². The largest absolute Gasteiger partial charge is 0.378 e. The van der Waals surface area contributed by atoms with E-state index in [-0.39, 0.29) is 17.5 Å². The fourth-order valence-corrected chi connectivity index (χ4v) is 2.81. The van der Waals surface area contributed by atoms with Gasteiger partial charge in [0.1, 0.15) is 5.82 Å². The van der Waals surface area contributed by atoms with Crippen LogP contribution < -0.4 is 5.32 Å². The van der Waals surface area contributed by atoms with Gasteiger partial charge in [-0.05, 0) is 37.5 Å². The van der Waals surface area contributed by atoms with Crippen LogP contribution in [0.3, 0.4) is 0 Å². The van der Waals surface area contributed by atoms with E-state index >= 15 is 0 Å². The Morgan fingerprint density at radius 1 is 1.50 bits per heavy atom. The van der Waals surface area contributed by atoms with Gasteiger partial charge in [0.15, 0.2) is 0 Å². The second kappa shape index (κ2) is 4.35. The molecule has 2 aliphatic rings. The van der Waals surface area contributed by atoms with E-state index in [1.54, 1.807) is 19.1 Å². The van der Waals surface area contributed by atoms with Crippen LogP contribution in [0, 0.1) is 18.7 Å². The van der Waals surface area contributed by atoms with Gasteiger partial charge in [0.25, 0.3) is 5.91 Å². The van der Waals surface area contributed by atoms with E-state index < -0.39 is 5.82 Å². The van der Waals surface area contributed by atoms with Crippen LogP contribution in [0.2, 0.25) is 0 Å². The van der Waals surface area contributed by atoms with Crippen molar-refractivity contribution in [3.63, 3.8) is 0 Å². The first kappa shape index (κ1) is 11.7. The van der Waals surface area contributed by atoms with Crippen molar-refractivity contribution in [2.45, 2.75) is 31.9 Å². The molecule has 1 aromatic rings. The third-order valence-electron chi connectivity index (χ3n) is 3.95. The minimum Gasteiger partial charge on any atom is -0.378 e. The van der Waals surface area contributed by atoms with Gasteiger partial charge in [-0.25, -0.2) is 4.39 Å². The Morgan fingerprint density at radius 2 is 2.33 bits per heavy atom. The van der Waals surface area contributed by atoms with Gasteiger partial charge in [0, 0.05) is 18.6 Å². The molecule has 1 aliphatic heterocycles. The lowest BCUT2D eigenvalue weighted by atomic mass is 9.76. The predicted octanol–water partition coefficient (Wildman–Crippen LogP) is 2.04. The van der Waals surface area contributed by atoms with Gasteiger partial charge >= 0.3 is 0 Å². The highest BCUT2D eigenvalue weighted by Crippen LogP contribution is 2.38. The van der Waals surface area contributed by atoms with E-state index in [9.17, 15) is 9.18 Å². The Balaban J connectivity index is 1.68. The minimum absolute atomic E-state index is 0.128. The molecule has 96 valence electrons. The first-order valence-electron chi connectivity index (χ1n) is 6.34. The Labute approximate surface area is 105 Å². The number of aryl methyl sites for hydroxylation is 1. The third-order valence-corrected chi connectivity index (χ3v) is 3.95. The predicted molar refractivity (Wildman–Crippen MR) is 64.9 cm³/mol. The zero-order valence-electron chi connectivity index (χ0n) is 10.3. The number of rotatable bonds is 2. The van der Waals surface area contributed by atoms with Crippen molar-refractivity contribution in [2.24, 2.45) is 5.92 Å². The van der Waals surface area contributed by atoms with Crippen LogP contribution in [0.4, 0.5) is 4.39 Å². The van der Waals surface area contributed by atoms with Gasteiger partial charge < -0.3 is 10.1 Å². The number of carbonyl (C=O) groups is 1. The topological polar surface area (TPSA) is 38.3 Å². The lowest BCUT2D eigenvalue weighted by Gasteiger charge is -2.39. The molecule has 0 spiro atoms. The molecule has 3 atom stereocenters. The van der Waals surface area contributed by atoms with Crippen LogP contribution in [0.15, 0.2) is 18.2 Å². The molecule has 1 amide bonds. The molecule has 3 nitrogen and oxygen atoms in total. The summed E-state index contributed by atoms with van der Waals surface area (Å²) in [6, 6.07) is 4.82. The van der Waals surface area contributed by atoms with E-state index in [2.05, 4.69) is 5.32 Å². The van der Waals surface area contributed by atoms with Crippen LogP contribution in [0.1, 0.15) is 28.8 Å². The maximum atomic E-state index is 13.7. The summed E-state index contributed by atoms with van der Waals surface area (Å²) in [5, 5.41) is 2.91. The third kappa shape index (κ3) is 1.90. The summed E-state index contributed by atoms with van der Waals surface area (Å²) >= 11 is 0. The van der Waals surface area contributed by atoms with Crippen molar-refractivity contribution in [3.05, 3.63) is 35.1 Å². The van der Waals surface area contributed by atoms with E-state index in [4.69, 9.17) is 4.74 Å². The summed E-state index contributed by atoms with van der Waals surface area (Å²) in [4.78, 5) is 12.0. The first-order valence-corrected chi connectivity index (χ1v) is 6.34. The molecule has 1 N–H and O–H groups in total. The van der Waals surface area contributed by atoms with Crippen molar-refractivity contribution >= 4 is 5.91 Å². The molecule has 0 radical (unpaired) electrons. The summed E-state index contributed by atoms with van der Waals surface area (Å²) in [6.45, 7) is 2.58. The second-order valence-electron chi connectivity index (χ2n) is 5.16. The van der Waals surface area contributed by atoms with Gasteiger partial charge in [-0.2, -0.15) is 0 Å². The van der Waals surface area contributed by atoms with E-state index in [1.807, 2.05) is 0 Å². The highest BCUT2D eigenvalue weighted by molar-refractivity contribution is 5.94. The molecule has 0 unspecified atom stereocenters. The van der Waals surface area contributed by atoms with Gasteiger partial charge in [0.05, 0.1) is 11.7 Å². The van der Waals surface area contributed by atoms with Crippen molar-refractivity contribution in [2.75, 3.05) is 6.61 Å². The number of amides is 1. The molecule has 1 saturated carbocycles. The average molecular weight is 249 g/mol. The molecule has 3 rings (SSSR count). The molecule has 2 fully saturated rings. The number of halogens is 1. The van der Waals surface area contributed by atoms with Crippen LogP contribution >= 0.6 is 0 Å². The average Bonchev–Trinajstić information content (AvgIpc) is 2.67. The molecular weight excluding hydrogens is 233 g/mol. The Morgan fingerprint density at radius 3 is 3.06 bits per heavy atom. The summed E-state index contributed by atoms with van der Waals surface area (Å²) in [5.74, 6) is -0.351. The first-order chi connectivity index (χ1) is 8.65. The van der Waals surface area contributed by atoms with Gasteiger partial charge in [-0.3, -0.25) is 4.79 Å². The normalized spacial score (nSPS) is 29.6. The number of ether oxygens (including phenoxy) is 1. The fourth-order valence-electron chi connectivity index (χ4n) is 2.81. The molecule has 18 heavy (non-hydrogen) atoms. The maximum absolute atomic E-state index is 13.7. The molecule has 1 saturated heterocycles. The molecule has 1 aliphatic carbocycles. The lowest BCUT2D eigenvalue weighted by molar-refractivity contribution is 0.00805. The summed E-state index contributed by atoms with van der Waals surface area (Å²) < 4.78 is 19.1. The fraction of sp³-hybridized carbons (Fsp3) is 0.500. The van der Waals surface area contributed by atoms with Crippen molar-refractivity contribution in [1.29, 1.82) is 0 Å². The van der Waals surface area contributed by atoms with E-state index in [1.165, 1.54) is 6.07 Å².